The minimum Gasteiger partial charge on any atom is -0.383 e. The van der Waals surface area contributed by atoms with Crippen molar-refractivity contribution < 1.29 is 13.2 Å². The van der Waals surface area contributed by atoms with Crippen LogP contribution >= 0.6 is 23.4 Å². The summed E-state index contributed by atoms with van der Waals surface area (Å²) >= 11 is 7.37. The van der Waals surface area contributed by atoms with Crippen molar-refractivity contribution in [2.75, 3.05) is 5.73 Å². The van der Waals surface area contributed by atoms with Gasteiger partial charge in [0.25, 0.3) is 0 Å². The van der Waals surface area contributed by atoms with Crippen molar-refractivity contribution >= 4 is 29.2 Å². The molecule has 114 valence electrons. The molecule has 0 saturated heterocycles. The van der Waals surface area contributed by atoms with Crippen molar-refractivity contribution in [2.24, 2.45) is 0 Å². The number of alkyl halides is 3. The first-order chi connectivity index (χ1) is 9.70. The molecule has 0 bridgehead atoms. The van der Waals surface area contributed by atoms with E-state index < -0.39 is 11.7 Å². The number of hydrogen-bond acceptors (Lipinski definition) is 4. The molecular weight excluding hydrogens is 325 g/mol. The molecule has 2 N–H and O–H groups in total. The van der Waals surface area contributed by atoms with Gasteiger partial charge in [-0.3, -0.25) is 0 Å². The Hall–Kier alpha value is -1.41. The molecule has 0 unspecified atom stereocenters. The highest BCUT2D eigenvalue weighted by molar-refractivity contribution is 8.00. The molecule has 0 amide bonds. The van der Waals surface area contributed by atoms with Crippen LogP contribution in [0.25, 0.3) is 5.82 Å². The van der Waals surface area contributed by atoms with Crippen LogP contribution in [0, 0.1) is 0 Å². The van der Waals surface area contributed by atoms with Gasteiger partial charge in [0.2, 0.25) is 0 Å². The summed E-state index contributed by atoms with van der Waals surface area (Å²) in [6, 6.07) is 0.806. The lowest BCUT2D eigenvalue weighted by Gasteiger charge is -2.10. The summed E-state index contributed by atoms with van der Waals surface area (Å²) in [7, 11) is 0. The van der Waals surface area contributed by atoms with E-state index in [2.05, 4.69) is 10.1 Å². The molecule has 0 saturated carbocycles. The van der Waals surface area contributed by atoms with Gasteiger partial charge in [0.1, 0.15) is 5.82 Å². The second-order valence-corrected chi connectivity index (χ2v) is 6.53. The largest absolute Gasteiger partial charge is 0.417 e. The Labute approximate surface area is 128 Å². The number of anilines is 1. The molecular formula is C12H12ClF3N4S. The van der Waals surface area contributed by atoms with Crippen LogP contribution in [0.5, 0.6) is 0 Å². The van der Waals surface area contributed by atoms with Crippen LogP contribution in [0.1, 0.15) is 19.4 Å². The van der Waals surface area contributed by atoms with Crippen LogP contribution in [-0.4, -0.2) is 20.0 Å². The fourth-order valence-corrected chi connectivity index (χ4v) is 2.67. The van der Waals surface area contributed by atoms with Crippen LogP contribution in [0.15, 0.2) is 23.4 Å². The minimum absolute atomic E-state index is 0.0674. The molecule has 0 aromatic carbocycles. The zero-order valence-electron chi connectivity index (χ0n) is 11.1. The Balaban J connectivity index is 2.41. The minimum atomic E-state index is -4.50. The first-order valence-electron chi connectivity index (χ1n) is 5.93. The Bertz CT molecular complexity index is 654. The SMILES string of the molecule is CC(C)Sc1cnn(-c2ncc(C(F)(F)F)cc2Cl)c1N. The molecule has 2 aromatic heterocycles. The smallest absolute Gasteiger partial charge is 0.383 e. The molecule has 0 atom stereocenters. The maximum Gasteiger partial charge on any atom is 0.417 e. The lowest BCUT2D eigenvalue weighted by Crippen LogP contribution is -2.09. The Morgan fingerprint density at radius 2 is 2.00 bits per heavy atom. The van der Waals surface area contributed by atoms with E-state index in [-0.39, 0.29) is 10.8 Å². The number of aromatic nitrogens is 3. The molecule has 0 aliphatic rings. The fourth-order valence-electron chi connectivity index (χ4n) is 1.60. The number of halogens is 4. The van der Waals surface area contributed by atoms with Crippen LogP contribution < -0.4 is 5.73 Å². The van der Waals surface area contributed by atoms with Crippen LogP contribution in [0.3, 0.4) is 0 Å². The van der Waals surface area contributed by atoms with Crippen molar-refractivity contribution in [3.05, 3.63) is 29.0 Å². The van der Waals surface area contributed by atoms with Gasteiger partial charge in [-0.1, -0.05) is 25.4 Å². The quantitative estimate of drug-likeness (QED) is 0.860. The van der Waals surface area contributed by atoms with E-state index in [1.807, 2.05) is 13.8 Å². The predicted octanol–water partition coefficient (Wildman–Crippen LogP) is 4.02. The number of nitrogens with two attached hydrogens (primary N) is 1. The standard InChI is InChI=1S/C12H12ClF3N4S/c1-6(2)21-9-5-19-20(10(9)17)11-8(13)3-7(4-18-11)12(14,15)16/h3-6H,17H2,1-2H3. The summed E-state index contributed by atoms with van der Waals surface area (Å²) in [5.74, 6) is 0.362. The molecule has 2 heterocycles. The molecule has 2 rings (SSSR count). The van der Waals surface area contributed by atoms with E-state index in [1.54, 1.807) is 0 Å². The molecule has 0 radical (unpaired) electrons. The number of nitrogens with zero attached hydrogens (tertiary/aromatic N) is 3. The highest BCUT2D eigenvalue weighted by atomic mass is 35.5. The highest BCUT2D eigenvalue weighted by Crippen LogP contribution is 2.34. The van der Waals surface area contributed by atoms with Gasteiger partial charge in [-0.15, -0.1) is 11.8 Å². The van der Waals surface area contributed by atoms with Crippen molar-refractivity contribution in [3.63, 3.8) is 0 Å². The Morgan fingerprint density at radius 3 is 2.52 bits per heavy atom. The molecule has 0 fully saturated rings. The lowest BCUT2D eigenvalue weighted by atomic mass is 10.3. The normalized spacial score (nSPS) is 12.1. The lowest BCUT2D eigenvalue weighted by molar-refractivity contribution is -0.137. The van der Waals surface area contributed by atoms with Gasteiger partial charge in [-0.25, -0.2) is 4.98 Å². The number of nitrogen functional groups attached to an aromatic ring is 1. The molecule has 4 nitrogen and oxygen atoms in total. The Morgan fingerprint density at radius 1 is 1.33 bits per heavy atom. The number of hydrogen-bond donors (Lipinski definition) is 1. The van der Waals surface area contributed by atoms with Gasteiger partial charge in [-0.2, -0.15) is 23.0 Å². The summed E-state index contributed by atoms with van der Waals surface area (Å²) in [5.41, 5.74) is 5.02. The zero-order valence-corrected chi connectivity index (χ0v) is 12.7. The van der Waals surface area contributed by atoms with Gasteiger partial charge < -0.3 is 5.73 Å². The third kappa shape index (κ3) is 3.44. The topological polar surface area (TPSA) is 56.7 Å². The summed E-state index contributed by atoms with van der Waals surface area (Å²) in [5, 5.41) is 4.16. The van der Waals surface area contributed by atoms with Crippen LogP contribution in [-0.2, 0) is 6.18 Å². The third-order valence-corrected chi connectivity index (χ3v) is 3.80. The van der Waals surface area contributed by atoms with Gasteiger partial charge in [-0.05, 0) is 6.07 Å². The van der Waals surface area contributed by atoms with E-state index in [0.717, 1.165) is 11.0 Å². The molecule has 2 aromatic rings. The van der Waals surface area contributed by atoms with Crippen molar-refractivity contribution in [2.45, 2.75) is 30.2 Å². The monoisotopic (exact) mass is 336 g/mol. The van der Waals surface area contributed by atoms with Gasteiger partial charge >= 0.3 is 6.18 Å². The third-order valence-electron chi connectivity index (χ3n) is 2.48. The first kappa shape index (κ1) is 16.0. The Kier molecular flexibility index (Phi) is 4.38. The highest BCUT2D eigenvalue weighted by Gasteiger charge is 2.32. The predicted molar refractivity (Wildman–Crippen MR) is 76.8 cm³/mol. The van der Waals surface area contributed by atoms with Gasteiger partial charge in [0.05, 0.1) is 21.7 Å². The molecule has 9 heteroatoms. The summed E-state index contributed by atoms with van der Waals surface area (Å²) in [6.07, 6.45) is -2.25. The maximum absolute atomic E-state index is 12.6. The second kappa shape index (κ2) is 5.76. The van der Waals surface area contributed by atoms with E-state index >= 15 is 0 Å². The number of thioether (sulfide) groups is 1. The molecule has 0 aliphatic heterocycles. The summed E-state index contributed by atoms with van der Waals surface area (Å²) < 4.78 is 39.0. The van der Waals surface area contributed by atoms with Gasteiger partial charge in [0, 0.05) is 11.4 Å². The van der Waals surface area contributed by atoms with E-state index in [9.17, 15) is 13.2 Å². The van der Waals surface area contributed by atoms with E-state index in [0.29, 0.717) is 17.3 Å². The van der Waals surface area contributed by atoms with Crippen molar-refractivity contribution in [1.29, 1.82) is 0 Å². The maximum atomic E-state index is 12.6. The molecule has 0 spiro atoms. The first-order valence-corrected chi connectivity index (χ1v) is 7.19. The van der Waals surface area contributed by atoms with Gasteiger partial charge in [0.15, 0.2) is 5.82 Å². The van der Waals surface area contributed by atoms with Crippen LogP contribution in [0.2, 0.25) is 5.02 Å². The van der Waals surface area contributed by atoms with E-state index in [1.165, 1.54) is 22.6 Å². The number of rotatable bonds is 3. The van der Waals surface area contributed by atoms with E-state index in [4.69, 9.17) is 17.3 Å². The van der Waals surface area contributed by atoms with Crippen molar-refractivity contribution in [1.82, 2.24) is 14.8 Å². The zero-order chi connectivity index (χ0) is 15.8. The molecule has 21 heavy (non-hydrogen) atoms. The average molecular weight is 337 g/mol. The molecule has 0 aliphatic carbocycles. The summed E-state index contributed by atoms with van der Waals surface area (Å²) in [6.45, 7) is 3.98. The van der Waals surface area contributed by atoms with Crippen molar-refractivity contribution in [3.8, 4) is 5.82 Å². The van der Waals surface area contributed by atoms with Crippen LogP contribution in [0.4, 0.5) is 19.0 Å². The fraction of sp³-hybridized carbons (Fsp3) is 0.333. The number of pyridine rings is 1. The second-order valence-electron chi connectivity index (χ2n) is 4.50. The average Bonchev–Trinajstić information content (AvgIpc) is 2.69. The summed E-state index contributed by atoms with van der Waals surface area (Å²) in [4.78, 5) is 4.45.